The Morgan fingerprint density at radius 2 is 2.37 bits per heavy atom. The number of benzene rings is 1. The average Bonchev–Trinajstić information content (AvgIpc) is 2.82. The van der Waals surface area contributed by atoms with Crippen molar-refractivity contribution in [2.75, 3.05) is 0 Å². The van der Waals surface area contributed by atoms with Gasteiger partial charge < -0.3 is 15.5 Å². The summed E-state index contributed by atoms with van der Waals surface area (Å²) in [5.41, 5.74) is 7.03. The summed E-state index contributed by atoms with van der Waals surface area (Å²) in [7, 11) is 1.88. The molecule has 1 heterocycles. The first-order valence-electron chi connectivity index (χ1n) is 5.35. The predicted molar refractivity (Wildman–Crippen MR) is 74.5 cm³/mol. The molecule has 0 spiro atoms. The molecular formula is C11H12ClN5OS. The van der Waals surface area contributed by atoms with Crippen LogP contribution in [-0.4, -0.2) is 25.8 Å². The summed E-state index contributed by atoms with van der Waals surface area (Å²) in [6, 6.07) is 5.27. The van der Waals surface area contributed by atoms with Crippen molar-refractivity contribution in [1.29, 1.82) is 0 Å². The molecular weight excluding hydrogens is 286 g/mol. The lowest BCUT2D eigenvalue weighted by Crippen LogP contribution is -2.13. The number of amidine groups is 1. The number of aryl methyl sites for hydroxylation is 1. The molecule has 3 N–H and O–H groups in total. The van der Waals surface area contributed by atoms with Gasteiger partial charge in [0.2, 0.25) is 0 Å². The van der Waals surface area contributed by atoms with E-state index in [4.69, 9.17) is 22.5 Å². The molecule has 19 heavy (non-hydrogen) atoms. The van der Waals surface area contributed by atoms with Gasteiger partial charge in [-0.2, -0.15) is 0 Å². The van der Waals surface area contributed by atoms with Crippen LogP contribution in [0.1, 0.15) is 11.1 Å². The quantitative estimate of drug-likeness (QED) is 0.295. The van der Waals surface area contributed by atoms with Crippen molar-refractivity contribution in [1.82, 2.24) is 14.8 Å². The van der Waals surface area contributed by atoms with Crippen LogP contribution in [0.2, 0.25) is 5.02 Å². The molecule has 2 aromatic rings. The molecule has 0 aliphatic carbocycles. The molecule has 0 radical (unpaired) electrons. The maximum absolute atomic E-state index is 8.61. The van der Waals surface area contributed by atoms with E-state index in [0.717, 1.165) is 10.7 Å². The fourth-order valence-electron chi connectivity index (χ4n) is 1.43. The van der Waals surface area contributed by atoms with Gasteiger partial charge in [-0.15, -0.1) is 10.2 Å². The Bertz CT molecular complexity index is 613. The Morgan fingerprint density at radius 1 is 1.58 bits per heavy atom. The van der Waals surface area contributed by atoms with Crippen LogP contribution in [0.25, 0.3) is 0 Å². The van der Waals surface area contributed by atoms with Crippen LogP contribution in [0.3, 0.4) is 0 Å². The zero-order chi connectivity index (χ0) is 13.8. The van der Waals surface area contributed by atoms with E-state index >= 15 is 0 Å². The van der Waals surface area contributed by atoms with Gasteiger partial charge in [-0.05, 0) is 11.6 Å². The van der Waals surface area contributed by atoms with Gasteiger partial charge in [0.05, 0.1) is 0 Å². The van der Waals surface area contributed by atoms with Crippen molar-refractivity contribution in [3.05, 3.63) is 40.7 Å². The molecule has 0 amide bonds. The topological polar surface area (TPSA) is 89.3 Å². The number of nitrogens with two attached hydrogens (primary N) is 1. The molecule has 8 heteroatoms. The highest BCUT2D eigenvalue weighted by molar-refractivity contribution is 7.98. The molecule has 0 bridgehead atoms. The highest BCUT2D eigenvalue weighted by Gasteiger charge is 2.07. The smallest absolute Gasteiger partial charge is 0.191 e. The summed E-state index contributed by atoms with van der Waals surface area (Å²) in [6.45, 7) is 0. The standard InChI is InChI=1S/C11H12ClN5OS/c1-17-6-14-15-11(17)19-5-8-3-2-7(4-9(8)12)10(13)16-18/h2-4,6,18H,5H2,1H3,(H2,13,16). The van der Waals surface area contributed by atoms with E-state index < -0.39 is 0 Å². The van der Waals surface area contributed by atoms with Crippen LogP contribution in [0, 0.1) is 0 Å². The monoisotopic (exact) mass is 297 g/mol. The van der Waals surface area contributed by atoms with Crippen molar-refractivity contribution < 1.29 is 5.21 Å². The minimum absolute atomic E-state index is 0.0365. The van der Waals surface area contributed by atoms with E-state index in [2.05, 4.69) is 15.4 Å². The molecule has 0 saturated heterocycles. The lowest BCUT2D eigenvalue weighted by molar-refractivity contribution is 0.318. The lowest BCUT2D eigenvalue weighted by atomic mass is 10.1. The first-order valence-corrected chi connectivity index (χ1v) is 6.71. The van der Waals surface area contributed by atoms with Gasteiger partial charge in [0, 0.05) is 23.4 Å². The number of halogens is 1. The van der Waals surface area contributed by atoms with Crippen molar-refractivity contribution in [3.63, 3.8) is 0 Å². The number of oxime groups is 1. The molecule has 6 nitrogen and oxygen atoms in total. The zero-order valence-electron chi connectivity index (χ0n) is 10.1. The largest absolute Gasteiger partial charge is 0.409 e. The third-order valence-corrected chi connectivity index (χ3v) is 3.92. The Labute approximate surface area is 119 Å². The maximum Gasteiger partial charge on any atom is 0.191 e. The summed E-state index contributed by atoms with van der Waals surface area (Å²) < 4.78 is 1.84. The van der Waals surface area contributed by atoms with Gasteiger partial charge in [-0.3, -0.25) is 0 Å². The fourth-order valence-corrected chi connectivity index (χ4v) is 2.65. The SMILES string of the molecule is Cn1cnnc1SCc1ccc(/C(N)=N/O)cc1Cl. The number of nitrogens with zero attached hydrogens (tertiary/aromatic N) is 4. The minimum atomic E-state index is 0.0365. The number of thioether (sulfide) groups is 1. The lowest BCUT2D eigenvalue weighted by Gasteiger charge is -2.06. The van der Waals surface area contributed by atoms with Crippen LogP contribution in [0.4, 0.5) is 0 Å². The van der Waals surface area contributed by atoms with E-state index in [-0.39, 0.29) is 5.84 Å². The van der Waals surface area contributed by atoms with Crippen LogP contribution in [-0.2, 0) is 12.8 Å². The third-order valence-electron chi connectivity index (χ3n) is 2.48. The fraction of sp³-hybridized carbons (Fsp3) is 0.182. The Hall–Kier alpha value is -1.73. The van der Waals surface area contributed by atoms with Crippen molar-refractivity contribution >= 4 is 29.2 Å². The third kappa shape index (κ3) is 3.18. The van der Waals surface area contributed by atoms with Crippen LogP contribution < -0.4 is 5.73 Å². The van der Waals surface area contributed by atoms with E-state index in [1.165, 1.54) is 11.8 Å². The van der Waals surface area contributed by atoms with Gasteiger partial charge in [-0.1, -0.05) is 40.7 Å². The van der Waals surface area contributed by atoms with Crippen molar-refractivity contribution in [2.24, 2.45) is 17.9 Å². The van der Waals surface area contributed by atoms with Crippen LogP contribution in [0.5, 0.6) is 0 Å². The van der Waals surface area contributed by atoms with Crippen molar-refractivity contribution in [2.45, 2.75) is 10.9 Å². The van der Waals surface area contributed by atoms with Gasteiger partial charge in [0.15, 0.2) is 11.0 Å². The van der Waals surface area contributed by atoms with Gasteiger partial charge in [0.1, 0.15) is 6.33 Å². The maximum atomic E-state index is 8.61. The molecule has 100 valence electrons. The summed E-state index contributed by atoms with van der Waals surface area (Å²) in [4.78, 5) is 0. The van der Waals surface area contributed by atoms with Gasteiger partial charge in [-0.25, -0.2) is 0 Å². The van der Waals surface area contributed by atoms with E-state index in [0.29, 0.717) is 16.3 Å². The second-order valence-corrected chi connectivity index (χ2v) is 5.15. The van der Waals surface area contributed by atoms with Gasteiger partial charge in [0.25, 0.3) is 0 Å². The first kappa shape index (κ1) is 13.7. The Balaban J connectivity index is 2.12. The summed E-state index contributed by atoms with van der Waals surface area (Å²) in [5.74, 6) is 0.705. The molecule has 1 aromatic heterocycles. The normalized spacial score (nSPS) is 11.8. The number of rotatable bonds is 4. The minimum Gasteiger partial charge on any atom is -0.409 e. The van der Waals surface area contributed by atoms with Crippen LogP contribution >= 0.6 is 23.4 Å². The number of hydrogen-bond acceptors (Lipinski definition) is 5. The molecule has 0 saturated carbocycles. The number of hydrogen-bond donors (Lipinski definition) is 2. The summed E-state index contributed by atoms with van der Waals surface area (Å²) >= 11 is 7.70. The van der Waals surface area contributed by atoms with E-state index in [1.807, 2.05) is 17.7 Å². The molecule has 1 aromatic carbocycles. The molecule has 0 aliphatic rings. The first-order chi connectivity index (χ1) is 9.11. The van der Waals surface area contributed by atoms with Crippen molar-refractivity contribution in [3.8, 4) is 0 Å². The second-order valence-electron chi connectivity index (χ2n) is 3.80. The van der Waals surface area contributed by atoms with Crippen LogP contribution in [0.15, 0.2) is 34.8 Å². The number of aromatic nitrogens is 3. The summed E-state index contributed by atoms with van der Waals surface area (Å²) in [5, 5.41) is 20.7. The average molecular weight is 298 g/mol. The Morgan fingerprint density at radius 3 is 2.95 bits per heavy atom. The molecule has 0 unspecified atom stereocenters. The second kappa shape index (κ2) is 5.94. The zero-order valence-corrected chi connectivity index (χ0v) is 11.7. The van der Waals surface area contributed by atoms with E-state index in [9.17, 15) is 0 Å². The summed E-state index contributed by atoms with van der Waals surface area (Å²) in [6.07, 6.45) is 1.64. The highest BCUT2D eigenvalue weighted by atomic mass is 35.5. The predicted octanol–water partition coefficient (Wildman–Crippen LogP) is 1.86. The van der Waals surface area contributed by atoms with E-state index in [1.54, 1.807) is 18.5 Å². The molecule has 0 fully saturated rings. The molecule has 0 atom stereocenters. The highest BCUT2D eigenvalue weighted by Crippen LogP contribution is 2.25. The molecule has 2 rings (SSSR count). The Kier molecular flexibility index (Phi) is 4.28. The van der Waals surface area contributed by atoms with Gasteiger partial charge >= 0.3 is 0 Å². The molecule has 0 aliphatic heterocycles.